The van der Waals surface area contributed by atoms with Crippen molar-refractivity contribution in [1.29, 1.82) is 0 Å². The molecule has 0 N–H and O–H groups in total. The summed E-state index contributed by atoms with van der Waals surface area (Å²) in [5.41, 5.74) is 1.99. The molecule has 0 heterocycles. The van der Waals surface area contributed by atoms with Crippen LogP contribution in [0.3, 0.4) is 0 Å². The van der Waals surface area contributed by atoms with Crippen molar-refractivity contribution in [3.8, 4) is 17.2 Å². The summed E-state index contributed by atoms with van der Waals surface area (Å²) in [6.45, 7) is 3.61. The summed E-state index contributed by atoms with van der Waals surface area (Å²) in [7, 11) is 4.80. The highest BCUT2D eigenvalue weighted by Gasteiger charge is 2.30. The Kier molecular flexibility index (Phi) is 5.16. The zero-order chi connectivity index (χ0) is 16.3. The Balaban J connectivity index is 2.62. The van der Waals surface area contributed by atoms with Crippen molar-refractivity contribution in [2.45, 2.75) is 39.2 Å². The summed E-state index contributed by atoms with van der Waals surface area (Å²) in [6.07, 6.45) is 2.39. The minimum absolute atomic E-state index is 0.279. The molecular weight excluding hydrogens is 284 g/mol. The van der Waals surface area contributed by atoms with Crippen LogP contribution in [-0.4, -0.2) is 27.3 Å². The molecule has 22 heavy (non-hydrogen) atoms. The highest BCUT2D eigenvalue weighted by Crippen LogP contribution is 2.47. The quantitative estimate of drug-likeness (QED) is 0.631. The van der Waals surface area contributed by atoms with E-state index < -0.39 is 0 Å². The van der Waals surface area contributed by atoms with Crippen molar-refractivity contribution in [3.63, 3.8) is 0 Å². The maximum Gasteiger partial charge on any atom is 0.303 e. The number of carbonyl (C=O) groups excluding carboxylic acids is 1. The molecule has 1 aliphatic carbocycles. The van der Waals surface area contributed by atoms with E-state index in [1.165, 1.54) is 6.92 Å². The lowest BCUT2D eigenvalue weighted by Crippen LogP contribution is -2.12. The van der Waals surface area contributed by atoms with Gasteiger partial charge in [-0.15, -0.1) is 0 Å². The van der Waals surface area contributed by atoms with Crippen LogP contribution >= 0.6 is 0 Å². The molecule has 1 aromatic carbocycles. The highest BCUT2D eigenvalue weighted by molar-refractivity contribution is 5.67. The first-order valence-electron chi connectivity index (χ1n) is 7.50. The van der Waals surface area contributed by atoms with Crippen LogP contribution in [0.5, 0.6) is 17.2 Å². The first kappa shape index (κ1) is 16.5. The lowest BCUT2D eigenvalue weighted by molar-refractivity contribution is -0.147. The van der Waals surface area contributed by atoms with Crippen molar-refractivity contribution in [1.82, 2.24) is 0 Å². The monoisotopic (exact) mass is 308 g/mol. The van der Waals surface area contributed by atoms with Crippen LogP contribution in [0.1, 0.15) is 43.9 Å². The molecule has 1 aliphatic rings. The number of fused-ring (bicyclic) bond motifs is 1. The van der Waals surface area contributed by atoms with Crippen LogP contribution in [0.2, 0.25) is 0 Å². The first-order chi connectivity index (χ1) is 10.5. The SMILES string of the molecule is COc1cc2c(c(OC)c1OC)CCC(C)CC2OC(C)=O. The Hall–Kier alpha value is -1.91. The van der Waals surface area contributed by atoms with E-state index in [-0.39, 0.29) is 12.1 Å². The fraction of sp³-hybridized carbons (Fsp3) is 0.588. The number of carbonyl (C=O) groups is 1. The van der Waals surface area contributed by atoms with Crippen LogP contribution in [0.15, 0.2) is 6.07 Å². The number of hydrogen-bond donors (Lipinski definition) is 0. The molecule has 5 nitrogen and oxygen atoms in total. The van der Waals surface area contributed by atoms with Gasteiger partial charge in [0.05, 0.1) is 21.3 Å². The molecule has 0 saturated carbocycles. The number of benzene rings is 1. The number of esters is 1. The maximum atomic E-state index is 11.5. The minimum Gasteiger partial charge on any atom is -0.493 e. The second-order valence-electron chi connectivity index (χ2n) is 5.69. The van der Waals surface area contributed by atoms with Crippen molar-refractivity contribution in [2.24, 2.45) is 5.92 Å². The van der Waals surface area contributed by atoms with Gasteiger partial charge in [-0.3, -0.25) is 4.79 Å². The second-order valence-corrected chi connectivity index (χ2v) is 5.69. The molecule has 0 spiro atoms. The molecule has 122 valence electrons. The molecule has 5 heteroatoms. The molecule has 0 aliphatic heterocycles. The third kappa shape index (κ3) is 3.13. The summed E-state index contributed by atoms with van der Waals surface area (Å²) >= 11 is 0. The van der Waals surface area contributed by atoms with E-state index in [0.29, 0.717) is 23.2 Å². The zero-order valence-corrected chi connectivity index (χ0v) is 13.9. The van der Waals surface area contributed by atoms with E-state index in [2.05, 4.69) is 6.92 Å². The third-order valence-electron chi connectivity index (χ3n) is 4.13. The minimum atomic E-state index is -0.279. The van der Waals surface area contributed by atoms with Crippen molar-refractivity contribution < 1.29 is 23.7 Å². The van der Waals surface area contributed by atoms with Crippen LogP contribution in [0, 0.1) is 5.92 Å². The van der Waals surface area contributed by atoms with Gasteiger partial charge in [0, 0.05) is 18.1 Å². The normalized spacial score (nSPS) is 20.6. The third-order valence-corrected chi connectivity index (χ3v) is 4.13. The van der Waals surface area contributed by atoms with E-state index in [1.54, 1.807) is 21.3 Å². The van der Waals surface area contributed by atoms with Crippen molar-refractivity contribution in [3.05, 3.63) is 17.2 Å². The molecule has 0 fully saturated rings. The van der Waals surface area contributed by atoms with Crippen LogP contribution in [-0.2, 0) is 16.0 Å². The lowest BCUT2D eigenvalue weighted by Gasteiger charge is -2.23. The molecule has 0 saturated heterocycles. The Morgan fingerprint density at radius 3 is 2.36 bits per heavy atom. The van der Waals surface area contributed by atoms with Gasteiger partial charge in [0.1, 0.15) is 6.10 Å². The average molecular weight is 308 g/mol. The largest absolute Gasteiger partial charge is 0.493 e. The maximum absolute atomic E-state index is 11.5. The van der Waals surface area contributed by atoms with Crippen LogP contribution in [0.4, 0.5) is 0 Å². The van der Waals surface area contributed by atoms with Gasteiger partial charge in [0.15, 0.2) is 11.5 Å². The van der Waals surface area contributed by atoms with Gasteiger partial charge in [-0.05, 0) is 31.2 Å². The zero-order valence-electron chi connectivity index (χ0n) is 13.9. The Morgan fingerprint density at radius 1 is 1.14 bits per heavy atom. The second kappa shape index (κ2) is 6.90. The average Bonchev–Trinajstić information content (AvgIpc) is 2.64. The van der Waals surface area contributed by atoms with E-state index >= 15 is 0 Å². The Bertz CT molecular complexity index is 552. The predicted octanol–water partition coefficient (Wildman–Crippen LogP) is 3.29. The summed E-state index contributed by atoms with van der Waals surface area (Å²) in [5, 5.41) is 0. The lowest BCUT2D eigenvalue weighted by atomic mass is 9.98. The molecule has 0 amide bonds. The number of hydrogen-bond acceptors (Lipinski definition) is 5. The molecule has 0 radical (unpaired) electrons. The predicted molar refractivity (Wildman–Crippen MR) is 82.7 cm³/mol. The Morgan fingerprint density at radius 2 is 1.82 bits per heavy atom. The van der Waals surface area contributed by atoms with E-state index in [0.717, 1.165) is 30.4 Å². The molecule has 0 bridgehead atoms. The molecule has 0 aromatic heterocycles. The first-order valence-corrected chi connectivity index (χ1v) is 7.50. The molecule has 1 aromatic rings. The van der Waals surface area contributed by atoms with Gasteiger partial charge in [0.25, 0.3) is 0 Å². The number of ether oxygens (including phenoxy) is 4. The molecular formula is C17H24O5. The summed E-state index contributed by atoms with van der Waals surface area (Å²) < 4.78 is 22.0. The van der Waals surface area contributed by atoms with Crippen molar-refractivity contribution >= 4 is 5.97 Å². The van der Waals surface area contributed by atoms with E-state index in [4.69, 9.17) is 18.9 Å². The number of methoxy groups -OCH3 is 3. The molecule has 2 atom stereocenters. The van der Waals surface area contributed by atoms with Gasteiger partial charge < -0.3 is 18.9 Å². The molecule has 2 unspecified atom stereocenters. The van der Waals surface area contributed by atoms with Gasteiger partial charge in [-0.25, -0.2) is 0 Å². The van der Waals surface area contributed by atoms with Crippen LogP contribution in [0.25, 0.3) is 0 Å². The fourth-order valence-corrected chi connectivity index (χ4v) is 3.09. The summed E-state index contributed by atoms with van der Waals surface area (Å²) in [4.78, 5) is 11.5. The topological polar surface area (TPSA) is 54.0 Å². The fourth-order valence-electron chi connectivity index (χ4n) is 3.09. The summed E-state index contributed by atoms with van der Waals surface area (Å²) in [6, 6.07) is 1.91. The molecule has 2 rings (SSSR count). The number of rotatable bonds is 4. The van der Waals surface area contributed by atoms with Gasteiger partial charge in [-0.2, -0.15) is 0 Å². The van der Waals surface area contributed by atoms with E-state index in [1.807, 2.05) is 6.07 Å². The van der Waals surface area contributed by atoms with Gasteiger partial charge in [0.2, 0.25) is 5.75 Å². The van der Waals surface area contributed by atoms with E-state index in [9.17, 15) is 4.79 Å². The standard InChI is InChI=1S/C17H24O5/c1-10-6-7-12-13(14(8-10)22-11(2)18)9-15(19-3)17(21-5)16(12)20-4/h9-10,14H,6-8H2,1-5H3. The van der Waals surface area contributed by atoms with Gasteiger partial charge >= 0.3 is 5.97 Å². The smallest absolute Gasteiger partial charge is 0.303 e. The Labute approximate surface area is 131 Å². The van der Waals surface area contributed by atoms with Gasteiger partial charge in [-0.1, -0.05) is 6.92 Å². The summed E-state index contributed by atoms with van der Waals surface area (Å²) in [5.74, 6) is 2.02. The van der Waals surface area contributed by atoms with Crippen LogP contribution < -0.4 is 14.2 Å². The highest BCUT2D eigenvalue weighted by atomic mass is 16.5. The van der Waals surface area contributed by atoms with Crippen molar-refractivity contribution in [2.75, 3.05) is 21.3 Å².